The number of halogens is 2. The van der Waals surface area contributed by atoms with Crippen LogP contribution in [0.2, 0.25) is 0 Å². The first-order valence-corrected chi connectivity index (χ1v) is 10.1. The molecule has 3 N–H and O–H groups in total. The molecule has 176 valence electrons. The van der Waals surface area contributed by atoms with Gasteiger partial charge in [0.25, 0.3) is 0 Å². The number of rotatable bonds is 8. The third-order valence-electron chi connectivity index (χ3n) is 5.32. The fraction of sp³-hybridized carbons (Fsp3) is 0.391. The molecule has 0 spiro atoms. The van der Waals surface area contributed by atoms with Crippen LogP contribution in [0.25, 0.3) is 0 Å². The number of Topliss-reactive ketones (excluding diaryl/α,β-unsaturated/α-hetero) is 1. The summed E-state index contributed by atoms with van der Waals surface area (Å²) in [5.41, 5.74) is 1.45. The van der Waals surface area contributed by atoms with Gasteiger partial charge in [0.2, 0.25) is 5.91 Å². The fourth-order valence-electron chi connectivity index (χ4n) is 3.76. The molecule has 2 atom stereocenters. The molecule has 2 unspecified atom stereocenters. The maximum absolute atomic E-state index is 15.1. The Morgan fingerprint density at radius 2 is 1.62 bits per heavy atom. The first-order valence-electron chi connectivity index (χ1n) is 10.1. The average Bonchev–Trinajstić information content (AvgIpc) is 2.78. The largest absolute Gasteiger partial charge is 0.495 e. The Balaban J connectivity index is 0.00000256. The number of anilines is 1. The van der Waals surface area contributed by atoms with E-state index in [9.17, 15) is 9.59 Å². The lowest BCUT2D eigenvalue weighted by molar-refractivity contribution is -0.119. The van der Waals surface area contributed by atoms with Crippen LogP contribution in [0.3, 0.4) is 0 Å². The summed E-state index contributed by atoms with van der Waals surface area (Å²) in [5, 5.41) is 2.62. The number of carbonyl (C=O) groups excluding carboxylic acids is 2. The van der Waals surface area contributed by atoms with E-state index >= 15 is 4.39 Å². The number of ketones is 1. The summed E-state index contributed by atoms with van der Waals surface area (Å²) in [6, 6.07) is 15.5. The minimum atomic E-state index is -1.32. The van der Waals surface area contributed by atoms with Crippen molar-refractivity contribution in [3.8, 4) is 5.75 Å². The van der Waals surface area contributed by atoms with Crippen LogP contribution in [-0.4, -0.2) is 67.7 Å². The van der Waals surface area contributed by atoms with Crippen LogP contribution in [-0.2, 0) is 4.79 Å². The predicted molar refractivity (Wildman–Crippen MR) is 126 cm³/mol. The number of ether oxygens (including phenoxy) is 1. The highest BCUT2D eigenvalue weighted by Gasteiger charge is 2.30. The summed E-state index contributed by atoms with van der Waals surface area (Å²) < 4.78 is 20.5. The van der Waals surface area contributed by atoms with E-state index in [-0.39, 0.29) is 36.0 Å². The average molecular weight is 468 g/mol. The topological polar surface area (TPSA) is 93.4 Å². The van der Waals surface area contributed by atoms with Gasteiger partial charge in [-0.05, 0) is 12.1 Å². The molecular formula is C23H31ClFN3O4. The lowest BCUT2D eigenvalue weighted by Crippen LogP contribution is -2.52. The lowest BCUT2D eigenvalue weighted by Gasteiger charge is -2.38. The molecule has 1 aliphatic heterocycles. The SMILES string of the molecule is COc1ccccc1N1CCN(C(F)CC(NC(C)=O)C(=O)c2ccccc2)CC1.Cl.O. The van der Waals surface area contributed by atoms with E-state index in [1.165, 1.54) is 6.92 Å². The Morgan fingerprint density at radius 1 is 1.03 bits per heavy atom. The lowest BCUT2D eigenvalue weighted by atomic mass is 10.0. The van der Waals surface area contributed by atoms with Crippen LogP contribution in [0.1, 0.15) is 23.7 Å². The number of methoxy groups -OCH3 is 1. The molecule has 9 heteroatoms. The van der Waals surface area contributed by atoms with Crippen LogP contribution < -0.4 is 15.0 Å². The molecule has 1 amide bonds. The summed E-state index contributed by atoms with van der Waals surface area (Å²) in [6.07, 6.45) is -1.41. The summed E-state index contributed by atoms with van der Waals surface area (Å²) in [5.74, 6) is 0.167. The number of carbonyl (C=O) groups is 2. The molecule has 32 heavy (non-hydrogen) atoms. The van der Waals surface area contributed by atoms with Gasteiger partial charge < -0.3 is 20.4 Å². The Morgan fingerprint density at radius 3 is 2.22 bits per heavy atom. The number of hydrogen-bond donors (Lipinski definition) is 1. The van der Waals surface area contributed by atoms with Crippen LogP contribution >= 0.6 is 12.4 Å². The minimum Gasteiger partial charge on any atom is -0.495 e. The second-order valence-electron chi connectivity index (χ2n) is 7.35. The van der Waals surface area contributed by atoms with E-state index in [4.69, 9.17) is 4.74 Å². The monoisotopic (exact) mass is 467 g/mol. The number of alkyl halides is 1. The molecule has 0 saturated carbocycles. The normalized spacial score (nSPS) is 15.5. The van der Waals surface area contributed by atoms with E-state index < -0.39 is 12.3 Å². The van der Waals surface area contributed by atoms with Gasteiger partial charge in [-0.1, -0.05) is 42.5 Å². The Hall–Kier alpha value is -2.68. The number of para-hydroxylation sites is 2. The van der Waals surface area contributed by atoms with Crippen LogP contribution in [0, 0.1) is 0 Å². The number of nitrogens with one attached hydrogen (secondary N) is 1. The van der Waals surface area contributed by atoms with Gasteiger partial charge in [0, 0.05) is 45.1 Å². The summed E-state index contributed by atoms with van der Waals surface area (Å²) in [4.78, 5) is 28.3. The van der Waals surface area contributed by atoms with Crippen molar-refractivity contribution in [3.05, 3.63) is 60.2 Å². The van der Waals surface area contributed by atoms with Crippen LogP contribution in [0.5, 0.6) is 5.75 Å². The maximum atomic E-state index is 15.1. The van der Waals surface area contributed by atoms with Crippen molar-refractivity contribution in [3.63, 3.8) is 0 Å². The molecule has 1 aliphatic rings. The van der Waals surface area contributed by atoms with Crippen molar-refractivity contribution in [2.45, 2.75) is 25.7 Å². The quantitative estimate of drug-likeness (QED) is 0.475. The second-order valence-corrected chi connectivity index (χ2v) is 7.35. The van der Waals surface area contributed by atoms with E-state index in [1.54, 1.807) is 36.3 Å². The third kappa shape index (κ3) is 6.91. The van der Waals surface area contributed by atoms with Gasteiger partial charge in [0.05, 0.1) is 18.8 Å². The molecule has 2 aromatic rings. The third-order valence-corrected chi connectivity index (χ3v) is 5.32. The highest BCUT2D eigenvalue weighted by molar-refractivity contribution is 6.01. The van der Waals surface area contributed by atoms with Gasteiger partial charge in [-0.3, -0.25) is 14.5 Å². The van der Waals surface area contributed by atoms with E-state index in [0.29, 0.717) is 31.7 Å². The maximum Gasteiger partial charge on any atom is 0.217 e. The standard InChI is InChI=1S/C23H28FN3O3.ClH.H2O/c1-17(28)25-19(23(29)18-8-4-3-5-9-18)16-22(24)27-14-12-26(13-15-27)20-10-6-7-11-21(20)30-2;;/h3-11,19,22H,12-16H2,1-2H3,(H,25,28);1H;1H2. The molecule has 0 aromatic heterocycles. The summed E-state index contributed by atoms with van der Waals surface area (Å²) >= 11 is 0. The van der Waals surface area contributed by atoms with Crippen molar-refractivity contribution >= 4 is 29.8 Å². The van der Waals surface area contributed by atoms with Gasteiger partial charge >= 0.3 is 0 Å². The Kier molecular flexibility index (Phi) is 11.1. The molecule has 1 fully saturated rings. The molecule has 1 heterocycles. The van der Waals surface area contributed by atoms with Gasteiger partial charge in [-0.25, -0.2) is 4.39 Å². The predicted octanol–water partition coefficient (Wildman–Crippen LogP) is 2.49. The minimum absolute atomic E-state index is 0. The highest BCUT2D eigenvalue weighted by Crippen LogP contribution is 2.29. The fourth-order valence-corrected chi connectivity index (χ4v) is 3.76. The Labute approximate surface area is 194 Å². The van der Waals surface area contributed by atoms with Crippen molar-refractivity contribution < 1.29 is 24.2 Å². The zero-order valence-electron chi connectivity index (χ0n) is 18.3. The highest BCUT2D eigenvalue weighted by atomic mass is 35.5. The van der Waals surface area contributed by atoms with Gasteiger partial charge in [-0.2, -0.15) is 0 Å². The molecule has 7 nitrogen and oxygen atoms in total. The molecule has 0 radical (unpaired) electrons. The van der Waals surface area contributed by atoms with Crippen LogP contribution in [0.4, 0.5) is 10.1 Å². The summed E-state index contributed by atoms with van der Waals surface area (Å²) in [6.45, 7) is 3.68. The zero-order valence-corrected chi connectivity index (χ0v) is 19.1. The van der Waals surface area contributed by atoms with Crippen molar-refractivity contribution in [2.75, 3.05) is 38.2 Å². The van der Waals surface area contributed by atoms with Crippen molar-refractivity contribution in [1.82, 2.24) is 10.2 Å². The molecule has 0 bridgehead atoms. The molecule has 2 aromatic carbocycles. The molecule has 3 rings (SSSR count). The van der Waals surface area contributed by atoms with Crippen LogP contribution in [0.15, 0.2) is 54.6 Å². The Bertz CT molecular complexity index is 863. The number of benzene rings is 2. The number of amides is 1. The second kappa shape index (κ2) is 13.0. The molecule has 1 saturated heterocycles. The number of nitrogens with zero attached hydrogens (tertiary/aromatic N) is 2. The number of piperazine rings is 1. The molecular weight excluding hydrogens is 437 g/mol. The zero-order chi connectivity index (χ0) is 21.5. The molecule has 0 aliphatic carbocycles. The van der Waals surface area contributed by atoms with E-state index in [1.807, 2.05) is 30.3 Å². The van der Waals surface area contributed by atoms with Gasteiger partial charge in [-0.15, -0.1) is 12.4 Å². The van der Waals surface area contributed by atoms with Crippen molar-refractivity contribution in [1.29, 1.82) is 0 Å². The first kappa shape index (κ1) is 27.4. The van der Waals surface area contributed by atoms with Gasteiger partial charge in [0.15, 0.2) is 12.1 Å². The van der Waals surface area contributed by atoms with Crippen molar-refractivity contribution in [2.24, 2.45) is 0 Å². The van der Waals surface area contributed by atoms with Gasteiger partial charge in [0.1, 0.15) is 5.75 Å². The number of hydrogen-bond acceptors (Lipinski definition) is 5. The first-order chi connectivity index (χ1) is 14.5. The smallest absolute Gasteiger partial charge is 0.217 e. The summed E-state index contributed by atoms with van der Waals surface area (Å²) in [7, 11) is 1.64. The van der Waals surface area contributed by atoms with E-state index in [0.717, 1.165) is 11.4 Å². The van der Waals surface area contributed by atoms with E-state index in [2.05, 4.69) is 10.2 Å².